The molecule has 2 N–H and O–H groups in total. The summed E-state index contributed by atoms with van der Waals surface area (Å²) in [5.41, 5.74) is 6.17. The number of hydrogen-bond donors (Lipinski definition) is 1. The highest BCUT2D eigenvalue weighted by atomic mass is 16.7. The van der Waals surface area contributed by atoms with Crippen LogP contribution in [0.4, 0.5) is 5.69 Å². The van der Waals surface area contributed by atoms with Gasteiger partial charge in [-0.2, -0.15) is 5.06 Å². The van der Waals surface area contributed by atoms with E-state index in [1.54, 1.807) is 0 Å². The molecular formula is C13H20N2O2. The standard InChI is InChI=1S/C13H20N2O2/c1-17-15(12-8-4-2-5-9-12)13(16)10-6-3-7-11-14/h2,4-5,8-9H,3,6-7,10-11,14H2,1H3. The number of anilines is 1. The minimum absolute atomic E-state index is 0.0179. The van der Waals surface area contributed by atoms with Gasteiger partial charge in [0.25, 0.3) is 5.91 Å². The lowest BCUT2D eigenvalue weighted by Gasteiger charge is -2.19. The van der Waals surface area contributed by atoms with Crippen molar-refractivity contribution >= 4 is 11.6 Å². The van der Waals surface area contributed by atoms with E-state index in [1.165, 1.54) is 12.2 Å². The summed E-state index contributed by atoms with van der Waals surface area (Å²) in [7, 11) is 1.50. The fourth-order valence-corrected chi connectivity index (χ4v) is 1.61. The second-order valence-electron chi connectivity index (χ2n) is 3.81. The van der Waals surface area contributed by atoms with Gasteiger partial charge < -0.3 is 5.73 Å². The molecule has 0 atom stereocenters. The van der Waals surface area contributed by atoms with Crippen LogP contribution in [-0.4, -0.2) is 19.6 Å². The van der Waals surface area contributed by atoms with Crippen molar-refractivity contribution in [2.24, 2.45) is 5.73 Å². The molecule has 94 valence electrons. The average molecular weight is 236 g/mol. The van der Waals surface area contributed by atoms with E-state index in [1.807, 2.05) is 30.3 Å². The molecule has 4 nitrogen and oxygen atoms in total. The van der Waals surface area contributed by atoms with Crippen LogP contribution in [0.2, 0.25) is 0 Å². The summed E-state index contributed by atoms with van der Waals surface area (Å²) in [6.07, 6.45) is 3.28. The fraction of sp³-hybridized carbons (Fsp3) is 0.462. The van der Waals surface area contributed by atoms with Gasteiger partial charge in [-0.15, -0.1) is 0 Å². The van der Waals surface area contributed by atoms with Crippen molar-refractivity contribution in [3.63, 3.8) is 0 Å². The summed E-state index contributed by atoms with van der Waals surface area (Å²) in [5, 5.41) is 1.34. The van der Waals surface area contributed by atoms with E-state index in [0.29, 0.717) is 13.0 Å². The third kappa shape index (κ3) is 4.54. The van der Waals surface area contributed by atoms with Crippen LogP contribution in [0, 0.1) is 0 Å². The quantitative estimate of drug-likeness (QED) is 0.582. The van der Waals surface area contributed by atoms with Crippen LogP contribution in [0.15, 0.2) is 30.3 Å². The Bertz CT molecular complexity index is 327. The van der Waals surface area contributed by atoms with Crippen LogP contribution < -0.4 is 10.8 Å². The molecule has 0 unspecified atom stereocenters. The zero-order valence-corrected chi connectivity index (χ0v) is 10.3. The van der Waals surface area contributed by atoms with E-state index < -0.39 is 0 Å². The number of hydroxylamine groups is 1. The molecule has 1 aromatic rings. The number of unbranched alkanes of at least 4 members (excludes halogenated alkanes) is 2. The lowest BCUT2D eigenvalue weighted by atomic mass is 10.2. The van der Waals surface area contributed by atoms with Crippen LogP contribution in [-0.2, 0) is 9.63 Å². The molecule has 1 rings (SSSR count). The van der Waals surface area contributed by atoms with Gasteiger partial charge in [0.1, 0.15) is 0 Å². The molecule has 0 saturated heterocycles. The number of nitrogens with two attached hydrogens (primary N) is 1. The third-order valence-electron chi connectivity index (χ3n) is 2.49. The highest BCUT2D eigenvalue weighted by molar-refractivity contribution is 5.91. The minimum Gasteiger partial charge on any atom is -0.330 e. The predicted octanol–water partition coefficient (Wildman–Crippen LogP) is 2.10. The zero-order chi connectivity index (χ0) is 12.5. The molecule has 0 aliphatic carbocycles. The summed E-state index contributed by atoms with van der Waals surface area (Å²) in [4.78, 5) is 17.0. The van der Waals surface area contributed by atoms with Crippen molar-refractivity contribution < 1.29 is 9.63 Å². The van der Waals surface area contributed by atoms with Crippen molar-refractivity contribution in [2.75, 3.05) is 18.7 Å². The van der Waals surface area contributed by atoms with Gasteiger partial charge in [0, 0.05) is 6.42 Å². The average Bonchev–Trinajstić information content (AvgIpc) is 2.37. The molecule has 17 heavy (non-hydrogen) atoms. The maximum atomic E-state index is 11.9. The molecule has 0 saturated carbocycles. The van der Waals surface area contributed by atoms with Crippen molar-refractivity contribution in [3.05, 3.63) is 30.3 Å². The minimum atomic E-state index is -0.0179. The molecular weight excluding hydrogens is 216 g/mol. The van der Waals surface area contributed by atoms with Gasteiger partial charge in [0.2, 0.25) is 0 Å². The Morgan fingerprint density at radius 2 is 1.94 bits per heavy atom. The first-order valence-corrected chi connectivity index (χ1v) is 5.91. The highest BCUT2D eigenvalue weighted by Crippen LogP contribution is 2.15. The molecule has 1 aromatic carbocycles. The van der Waals surface area contributed by atoms with Crippen LogP contribution in [0.1, 0.15) is 25.7 Å². The summed E-state index contributed by atoms with van der Waals surface area (Å²) in [5.74, 6) is -0.0179. The Kier molecular flexibility index (Phi) is 6.29. The summed E-state index contributed by atoms with van der Waals surface area (Å²) in [6, 6.07) is 9.36. The molecule has 1 amide bonds. The number of nitrogens with zero attached hydrogens (tertiary/aromatic N) is 1. The molecule has 4 heteroatoms. The number of benzene rings is 1. The van der Waals surface area contributed by atoms with Crippen LogP contribution in [0.25, 0.3) is 0 Å². The van der Waals surface area contributed by atoms with Gasteiger partial charge in [-0.25, -0.2) is 0 Å². The first-order chi connectivity index (χ1) is 8.29. The molecule has 0 radical (unpaired) electrons. The van der Waals surface area contributed by atoms with E-state index in [0.717, 1.165) is 24.9 Å². The summed E-state index contributed by atoms with van der Waals surface area (Å²) < 4.78 is 0. The molecule has 0 bridgehead atoms. The molecule has 0 aliphatic rings. The van der Waals surface area contributed by atoms with Gasteiger partial charge in [-0.3, -0.25) is 9.63 Å². The molecule has 0 spiro atoms. The number of amides is 1. The van der Waals surface area contributed by atoms with Gasteiger partial charge >= 0.3 is 0 Å². The highest BCUT2D eigenvalue weighted by Gasteiger charge is 2.14. The lowest BCUT2D eigenvalue weighted by molar-refractivity contribution is -0.124. The van der Waals surface area contributed by atoms with Gasteiger partial charge in [-0.05, 0) is 31.5 Å². The number of rotatable bonds is 7. The smallest absolute Gasteiger partial charge is 0.250 e. The van der Waals surface area contributed by atoms with E-state index >= 15 is 0 Å². The summed E-state index contributed by atoms with van der Waals surface area (Å²) >= 11 is 0. The Morgan fingerprint density at radius 3 is 2.53 bits per heavy atom. The predicted molar refractivity (Wildman–Crippen MR) is 68.5 cm³/mol. The van der Waals surface area contributed by atoms with Gasteiger partial charge in [-0.1, -0.05) is 24.6 Å². The lowest BCUT2D eigenvalue weighted by Crippen LogP contribution is -2.29. The number of hydrogen-bond acceptors (Lipinski definition) is 3. The molecule has 0 aromatic heterocycles. The van der Waals surface area contributed by atoms with Crippen LogP contribution >= 0.6 is 0 Å². The maximum Gasteiger partial charge on any atom is 0.250 e. The number of para-hydroxylation sites is 1. The number of carbonyl (C=O) groups excluding carboxylic acids is 1. The molecule has 0 fully saturated rings. The fourth-order valence-electron chi connectivity index (χ4n) is 1.61. The summed E-state index contributed by atoms with van der Waals surface area (Å²) in [6.45, 7) is 0.681. The van der Waals surface area contributed by atoms with E-state index in [4.69, 9.17) is 10.6 Å². The number of carbonyl (C=O) groups is 1. The zero-order valence-electron chi connectivity index (χ0n) is 10.3. The molecule has 0 aliphatic heterocycles. The van der Waals surface area contributed by atoms with E-state index in [9.17, 15) is 4.79 Å². The second-order valence-corrected chi connectivity index (χ2v) is 3.81. The van der Waals surface area contributed by atoms with Crippen LogP contribution in [0.5, 0.6) is 0 Å². The van der Waals surface area contributed by atoms with Crippen molar-refractivity contribution in [1.29, 1.82) is 0 Å². The van der Waals surface area contributed by atoms with Crippen molar-refractivity contribution in [2.45, 2.75) is 25.7 Å². The second kappa shape index (κ2) is 7.81. The Hall–Kier alpha value is -1.39. The Labute approximate surface area is 102 Å². The largest absolute Gasteiger partial charge is 0.330 e. The Morgan fingerprint density at radius 1 is 1.24 bits per heavy atom. The first-order valence-electron chi connectivity index (χ1n) is 5.91. The molecule has 0 heterocycles. The van der Waals surface area contributed by atoms with Crippen molar-refractivity contribution in [1.82, 2.24) is 0 Å². The van der Waals surface area contributed by atoms with E-state index in [2.05, 4.69) is 0 Å². The van der Waals surface area contributed by atoms with Gasteiger partial charge in [0.15, 0.2) is 0 Å². The first kappa shape index (κ1) is 13.7. The maximum absolute atomic E-state index is 11.9. The van der Waals surface area contributed by atoms with Gasteiger partial charge in [0.05, 0.1) is 12.8 Å². The van der Waals surface area contributed by atoms with Crippen molar-refractivity contribution in [3.8, 4) is 0 Å². The Balaban J connectivity index is 2.48. The third-order valence-corrected chi connectivity index (χ3v) is 2.49. The van der Waals surface area contributed by atoms with Crippen LogP contribution in [0.3, 0.4) is 0 Å². The van der Waals surface area contributed by atoms with E-state index in [-0.39, 0.29) is 5.91 Å². The monoisotopic (exact) mass is 236 g/mol. The topological polar surface area (TPSA) is 55.6 Å². The normalized spacial score (nSPS) is 10.2. The SMILES string of the molecule is CON(C(=O)CCCCCN)c1ccccc1.